The van der Waals surface area contributed by atoms with E-state index in [0.29, 0.717) is 0 Å². The zero-order valence-corrected chi connectivity index (χ0v) is 13.7. The van der Waals surface area contributed by atoms with E-state index in [1.807, 2.05) is 31.2 Å². The minimum Gasteiger partial charge on any atom is -0.358 e. The molecule has 3 nitrogen and oxygen atoms in total. The van der Waals surface area contributed by atoms with Crippen LogP contribution >= 0.6 is 0 Å². The van der Waals surface area contributed by atoms with E-state index in [9.17, 15) is 13.6 Å². The molecule has 3 rings (SSSR count). The van der Waals surface area contributed by atoms with Crippen LogP contribution in [-0.2, 0) is 10.2 Å². The summed E-state index contributed by atoms with van der Waals surface area (Å²) in [4.78, 5) is 16.0. The first-order valence-corrected chi connectivity index (χ1v) is 7.65. The highest BCUT2D eigenvalue weighted by Gasteiger charge is 2.34. The number of hydrogen-bond donors (Lipinski definition) is 2. The van der Waals surface area contributed by atoms with Gasteiger partial charge in [0.2, 0.25) is 5.91 Å². The average molecular weight is 328 g/mol. The third-order valence-electron chi connectivity index (χ3n) is 4.27. The number of fused-ring (bicyclic) bond motifs is 1. The van der Waals surface area contributed by atoms with Crippen molar-refractivity contribution < 1.29 is 13.6 Å². The van der Waals surface area contributed by atoms with Crippen molar-refractivity contribution in [2.24, 2.45) is 0 Å². The highest BCUT2D eigenvalue weighted by Crippen LogP contribution is 2.34. The van der Waals surface area contributed by atoms with Gasteiger partial charge in [0.05, 0.1) is 11.1 Å². The quantitative estimate of drug-likeness (QED) is 0.721. The highest BCUT2D eigenvalue weighted by molar-refractivity contribution is 6.02. The minimum atomic E-state index is -0.898. The molecule has 0 aliphatic heterocycles. The van der Waals surface area contributed by atoms with E-state index in [-0.39, 0.29) is 11.6 Å². The lowest BCUT2D eigenvalue weighted by Crippen LogP contribution is -2.35. The van der Waals surface area contributed by atoms with Gasteiger partial charge in [-0.3, -0.25) is 4.79 Å². The summed E-state index contributed by atoms with van der Waals surface area (Å²) in [6, 6.07) is 10.8. The van der Waals surface area contributed by atoms with Gasteiger partial charge in [0.25, 0.3) is 0 Å². The fourth-order valence-electron chi connectivity index (χ4n) is 3.06. The van der Waals surface area contributed by atoms with Gasteiger partial charge in [-0.15, -0.1) is 0 Å². The van der Waals surface area contributed by atoms with Gasteiger partial charge in [0.15, 0.2) is 0 Å². The molecule has 0 radical (unpaired) electrons. The van der Waals surface area contributed by atoms with E-state index >= 15 is 0 Å². The third kappa shape index (κ3) is 2.66. The van der Waals surface area contributed by atoms with Gasteiger partial charge in [0.1, 0.15) is 11.6 Å². The number of benzene rings is 2. The molecule has 0 aliphatic carbocycles. The van der Waals surface area contributed by atoms with Crippen molar-refractivity contribution in [3.63, 3.8) is 0 Å². The zero-order chi connectivity index (χ0) is 17.5. The minimum absolute atomic E-state index is 0.0352. The lowest BCUT2D eigenvalue weighted by Gasteiger charge is -2.25. The Labute approximate surface area is 138 Å². The Morgan fingerprint density at radius 1 is 1.12 bits per heavy atom. The number of amides is 1. The lowest BCUT2D eigenvalue weighted by molar-refractivity contribution is -0.120. The number of aromatic nitrogens is 1. The molecule has 0 bridgehead atoms. The molecule has 124 valence electrons. The number of aromatic amines is 1. The molecule has 0 aliphatic rings. The van der Waals surface area contributed by atoms with E-state index in [4.69, 9.17) is 0 Å². The average Bonchev–Trinajstić information content (AvgIpc) is 2.86. The largest absolute Gasteiger partial charge is 0.358 e. The van der Waals surface area contributed by atoms with Crippen molar-refractivity contribution >= 4 is 22.5 Å². The molecule has 0 atom stereocenters. The molecule has 3 aromatic rings. The Morgan fingerprint density at radius 2 is 1.83 bits per heavy atom. The van der Waals surface area contributed by atoms with Gasteiger partial charge < -0.3 is 10.3 Å². The van der Waals surface area contributed by atoms with Crippen molar-refractivity contribution in [3.8, 4) is 0 Å². The molecule has 0 unspecified atom stereocenters. The number of anilines is 1. The van der Waals surface area contributed by atoms with Crippen LogP contribution in [0.4, 0.5) is 14.5 Å². The number of hydrogen-bond acceptors (Lipinski definition) is 1. The van der Waals surface area contributed by atoms with Crippen molar-refractivity contribution in [2.75, 3.05) is 5.32 Å². The zero-order valence-electron chi connectivity index (χ0n) is 13.7. The summed E-state index contributed by atoms with van der Waals surface area (Å²) < 4.78 is 26.8. The molecule has 2 N–H and O–H groups in total. The summed E-state index contributed by atoms with van der Waals surface area (Å²) >= 11 is 0. The molecular formula is C19H18F2N2O. The van der Waals surface area contributed by atoms with Crippen LogP contribution in [0.25, 0.3) is 10.9 Å². The lowest BCUT2D eigenvalue weighted by atomic mass is 9.81. The van der Waals surface area contributed by atoms with Crippen molar-refractivity contribution in [1.29, 1.82) is 0 Å². The van der Waals surface area contributed by atoms with Crippen LogP contribution in [0.5, 0.6) is 0 Å². The molecule has 0 saturated heterocycles. The standard InChI is InChI=1S/C19H18F2N2O/c1-11-17(13-6-4-5-7-15(13)22-11)19(2,3)18(24)23-16-9-8-12(20)10-14(16)21/h4-10,22H,1-3H3,(H,23,24). The summed E-state index contributed by atoms with van der Waals surface area (Å²) in [7, 11) is 0. The Morgan fingerprint density at radius 3 is 2.54 bits per heavy atom. The maximum Gasteiger partial charge on any atom is 0.234 e. The van der Waals surface area contributed by atoms with Crippen molar-refractivity contribution in [2.45, 2.75) is 26.2 Å². The summed E-state index contributed by atoms with van der Waals surface area (Å²) in [5.74, 6) is -1.84. The van der Waals surface area contributed by atoms with Gasteiger partial charge in [0, 0.05) is 22.7 Å². The molecule has 24 heavy (non-hydrogen) atoms. The van der Waals surface area contributed by atoms with E-state index < -0.39 is 17.0 Å². The second kappa shape index (κ2) is 5.74. The van der Waals surface area contributed by atoms with E-state index in [1.54, 1.807) is 13.8 Å². The van der Waals surface area contributed by atoms with Gasteiger partial charge in [-0.2, -0.15) is 0 Å². The topological polar surface area (TPSA) is 44.9 Å². The molecule has 2 aromatic carbocycles. The summed E-state index contributed by atoms with van der Waals surface area (Å²) in [5.41, 5.74) is 1.75. The number of carbonyl (C=O) groups is 1. The second-order valence-corrected chi connectivity index (χ2v) is 6.37. The number of H-pyrrole nitrogens is 1. The first kappa shape index (κ1) is 16.2. The maximum absolute atomic E-state index is 13.8. The molecule has 5 heteroatoms. The summed E-state index contributed by atoms with van der Waals surface area (Å²) in [6.07, 6.45) is 0. The van der Waals surface area contributed by atoms with Crippen LogP contribution in [0.15, 0.2) is 42.5 Å². The fraction of sp³-hybridized carbons (Fsp3) is 0.211. The third-order valence-corrected chi connectivity index (χ3v) is 4.27. The summed E-state index contributed by atoms with van der Waals surface area (Å²) in [6.45, 7) is 5.47. The first-order chi connectivity index (χ1) is 11.3. The van der Waals surface area contributed by atoms with Crippen LogP contribution in [0, 0.1) is 18.6 Å². The molecule has 1 amide bonds. The number of rotatable bonds is 3. The number of carbonyl (C=O) groups excluding carboxylic acids is 1. The SMILES string of the molecule is Cc1[nH]c2ccccc2c1C(C)(C)C(=O)Nc1ccc(F)cc1F. The predicted octanol–water partition coefficient (Wildman–Crippen LogP) is 4.67. The van der Waals surface area contributed by atoms with Crippen LogP contribution < -0.4 is 5.32 Å². The highest BCUT2D eigenvalue weighted by atomic mass is 19.1. The second-order valence-electron chi connectivity index (χ2n) is 6.37. The van der Waals surface area contributed by atoms with Gasteiger partial charge in [-0.05, 0) is 44.5 Å². The predicted molar refractivity (Wildman–Crippen MR) is 91.0 cm³/mol. The van der Waals surface area contributed by atoms with E-state index in [1.165, 1.54) is 6.07 Å². The molecule has 1 aromatic heterocycles. The Kier molecular flexibility index (Phi) is 3.87. The Balaban J connectivity index is 1.99. The van der Waals surface area contributed by atoms with Crippen LogP contribution in [0.1, 0.15) is 25.1 Å². The van der Waals surface area contributed by atoms with Crippen LogP contribution in [0.2, 0.25) is 0 Å². The fourth-order valence-corrected chi connectivity index (χ4v) is 3.06. The van der Waals surface area contributed by atoms with Crippen molar-refractivity contribution in [1.82, 2.24) is 4.98 Å². The normalized spacial score (nSPS) is 11.7. The Bertz CT molecular complexity index is 928. The molecular weight excluding hydrogens is 310 g/mol. The smallest absolute Gasteiger partial charge is 0.234 e. The van der Waals surface area contributed by atoms with Gasteiger partial charge in [-0.25, -0.2) is 8.78 Å². The van der Waals surface area contributed by atoms with Gasteiger partial charge in [-0.1, -0.05) is 18.2 Å². The number of nitrogens with one attached hydrogen (secondary N) is 2. The first-order valence-electron chi connectivity index (χ1n) is 7.65. The van der Waals surface area contributed by atoms with Crippen LogP contribution in [-0.4, -0.2) is 10.9 Å². The Hall–Kier alpha value is -2.69. The monoisotopic (exact) mass is 328 g/mol. The van der Waals surface area contributed by atoms with Gasteiger partial charge >= 0.3 is 0 Å². The van der Waals surface area contributed by atoms with Crippen molar-refractivity contribution in [3.05, 3.63) is 65.4 Å². The molecule has 0 fully saturated rings. The van der Waals surface area contributed by atoms with E-state index in [2.05, 4.69) is 10.3 Å². The van der Waals surface area contributed by atoms with E-state index in [0.717, 1.165) is 34.3 Å². The van der Waals surface area contributed by atoms with Crippen LogP contribution in [0.3, 0.4) is 0 Å². The number of aryl methyl sites for hydroxylation is 1. The molecule has 0 spiro atoms. The number of halogens is 2. The molecule has 1 heterocycles. The summed E-state index contributed by atoms with van der Waals surface area (Å²) in [5, 5.41) is 3.52. The molecule has 0 saturated carbocycles. The maximum atomic E-state index is 13.8. The number of para-hydroxylation sites is 1.